The highest BCUT2D eigenvalue weighted by molar-refractivity contribution is 7.89. The highest BCUT2D eigenvalue weighted by Gasteiger charge is 2.33. The largest absolute Gasteiger partial charge is 0.435 e. The second-order valence-electron chi connectivity index (χ2n) is 6.65. The number of carbonyl (C=O) groups excluding carboxylic acids is 1. The van der Waals surface area contributed by atoms with Crippen LogP contribution in [0.3, 0.4) is 0 Å². The average Bonchev–Trinajstić information content (AvgIpc) is 2.69. The highest BCUT2D eigenvalue weighted by atomic mass is 32.2. The Morgan fingerprint density at radius 2 is 1.80 bits per heavy atom. The normalized spacial score (nSPS) is 15.9. The third kappa shape index (κ3) is 5.08. The first-order chi connectivity index (χ1) is 14.2. The van der Waals surface area contributed by atoms with Crippen LogP contribution in [-0.2, 0) is 14.8 Å². The summed E-state index contributed by atoms with van der Waals surface area (Å²) in [5.74, 6) is -2.98. The smallest absolute Gasteiger partial charge is 0.387 e. The first kappa shape index (κ1) is 22.0. The molecule has 11 heteroatoms. The minimum Gasteiger partial charge on any atom is -0.435 e. The van der Waals surface area contributed by atoms with Gasteiger partial charge in [0.15, 0.2) is 0 Å². The van der Waals surface area contributed by atoms with E-state index in [9.17, 15) is 30.8 Å². The number of rotatable bonds is 6. The van der Waals surface area contributed by atoms with Gasteiger partial charge in [-0.1, -0.05) is 6.07 Å². The Hall–Kier alpha value is -2.66. The van der Waals surface area contributed by atoms with Gasteiger partial charge in [-0.2, -0.15) is 13.1 Å². The molecule has 0 aliphatic carbocycles. The van der Waals surface area contributed by atoms with Crippen LogP contribution in [-0.4, -0.2) is 38.3 Å². The van der Waals surface area contributed by atoms with Gasteiger partial charge in [-0.05, 0) is 43.2 Å². The standard InChI is InChI=1S/C19H18F4N2O4S/c20-13-4-5-16(21)17(10-13)30(27,28)25-8-6-12(7-9-25)18(26)24-14-2-1-3-15(11-14)29-19(22)23/h1-5,10-12,19H,6-9H2,(H,24,26). The van der Waals surface area contributed by atoms with Crippen LogP contribution in [0.4, 0.5) is 23.2 Å². The number of piperidine rings is 1. The van der Waals surface area contributed by atoms with E-state index in [1.165, 1.54) is 24.3 Å². The lowest BCUT2D eigenvalue weighted by Crippen LogP contribution is -2.41. The van der Waals surface area contributed by atoms with Crippen LogP contribution in [0.25, 0.3) is 0 Å². The van der Waals surface area contributed by atoms with Gasteiger partial charge in [0.25, 0.3) is 0 Å². The second-order valence-corrected chi connectivity index (χ2v) is 8.56. The summed E-state index contributed by atoms with van der Waals surface area (Å²) in [6.45, 7) is -3.10. The first-order valence-electron chi connectivity index (χ1n) is 8.98. The van der Waals surface area contributed by atoms with Gasteiger partial charge in [-0.3, -0.25) is 4.79 Å². The van der Waals surface area contributed by atoms with E-state index in [0.717, 1.165) is 16.4 Å². The number of hydrogen-bond acceptors (Lipinski definition) is 4. The van der Waals surface area contributed by atoms with E-state index in [0.29, 0.717) is 6.07 Å². The van der Waals surface area contributed by atoms with Gasteiger partial charge in [0.1, 0.15) is 22.3 Å². The highest BCUT2D eigenvalue weighted by Crippen LogP contribution is 2.27. The topological polar surface area (TPSA) is 75.7 Å². The van der Waals surface area contributed by atoms with Crippen molar-refractivity contribution in [1.29, 1.82) is 0 Å². The first-order valence-corrected chi connectivity index (χ1v) is 10.4. The zero-order valence-electron chi connectivity index (χ0n) is 15.5. The van der Waals surface area contributed by atoms with Crippen LogP contribution in [0, 0.1) is 17.6 Å². The predicted molar refractivity (Wildman–Crippen MR) is 99.5 cm³/mol. The minimum atomic E-state index is -4.24. The molecule has 1 fully saturated rings. The fraction of sp³-hybridized carbons (Fsp3) is 0.316. The second kappa shape index (κ2) is 9.00. The van der Waals surface area contributed by atoms with E-state index in [1.807, 2.05) is 0 Å². The van der Waals surface area contributed by atoms with Gasteiger partial charge < -0.3 is 10.1 Å². The number of amides is 1. The maximum absolute atomic E-state index is 13.9. The number of carbonyl (C=O) groups is 1. The Labute approximate surface area is 170 Å². The summed E-state index contributed by atoms with van der Waals surface area (Å²) in [6.07, 6.45) is 0.324. The van der Waals surface area contributed by atoms with Gasteiger partial charge in [-0.15, -0.1) is 0 Å². The summed E-state index contributed by atoms with van der Waals surface area (Å²) in [5, 5.41) is 2.59. The lowest BCUT2D eigenvalue weighted by molar-refractivity contribution is -0.120. The fourth-order valence-corrected chi connectivity index (χ4v) is 4.71. The number of sulfonamides is 1. The Kier molecular flexibility index (Phi) is 6.61. The monoisotopic (exact) mass is 446 g/mol. The minimum absolute atomic E-state index is 0.0507. The summed E-state index contributed by atoms with van der Waals surface area (Å²) in [7, 11) is -4.24. The van der Waals surface area contributed by atoms with Crippen molar-refractivity contribution in [1.82, 2.24) is 4.31 Å². The van der Waals surface area contributed by atoms with E-state index < -0.39 is 45.0 Å². The van der Waals surface area contributed by atoms with Gasteiger partial charge in [0.2, 0.25) is 15.9 Å². The zero-order valence-corrected chi connectivity index (χ0v) is 16.3. The number of ether oxygens (including phenoxy) is 1. The van der Waals surface area contributed by atoms with Crippen LogP contribution in [0.15, 0.2) is 47.4 Å². The van der Waals surface area contributed by atoms with Gasteiger partial charge in [0.05, 0.1) is 0 Å². The quantitative estimate of drug-likeness (QED) is 0.688. The van der Waals surface area contributed by atoms with E-state index in [4.69, 9.17) is 0 Å². The Bertz CT molecular complexity index is 1020. The number of nitrogens with zero attached hydrogens (tertiary/aromatic N) is 1. The number of anilines is 1. The molecule has 0 atom stereocenters. The third-order valence-electron chi connectivity index (χ3n) is 4.66. The molecule has 162 valence electrons. The molecule has 2 aromatic carbocycles. The summed E-state index contributed by atoms with van der Waals surface area (Å²) < 4.78 is 82.3. The number of benzene rings is 2. The van der Waals surface area contributed by atoms with Crippen molar-refractivity contribution >= 4 is 21.6 Å². The number of alkyl halides is 2. The van der Waals surface area contributed by atoms with Crippen molar-refractivity contribution in [3.63, 3.8) is 0 Å². The molecule has 0 unspecified atom stereocenters. The molecule has 0 bridgehead atoms. The molecule has 2 aromatic rings. The third-order valence-corrected chi connectivity index (χ3v) is 6.58. The number of nitrogens with one attached hydrogen (secondary N) is 1. The van der Waals surface area contributed by atoms with Crippen LogP contribution in [0.5, 0.6) is 5.75 Å². The summed E-state index contributed by atoms with van der Waals surface area (Å²) >= 11 is 0. The molecule has 1 aliphatic rings. The van der Waals surface area contributed by atoms with Crippen molar-refractivity contribution in [2.45, 2.75) is 24.3 Å². The number of hydrogen-bond donors (Lipinski definition) is 1. The van der Waals surface area contributed by atoms with Crippen LogP contribution >= 0.6 is 0 Å². The molecule has 0 saturated carbocycles. The maximum atomic E-state index is 13.9. The molecule has 30 heavy (non-hydrogen) atoms. The lowest BCUT2D eigenvalue weighted by Gasteiger charge is -2.30. The molecular weight excluding hydrogens is 428 g/mol. The summed E-state index contributed by atoms with van der Waals surface area (Å²) in [5.41, 5.74) is 0.259. The molecule has 1 heterocycles. The number of halogens is 4. The molecule has 1 saturated heterocycles. The van der Waals surface area contributed by atoms with Crippen LogP contribution < -0.4 is 10.1 Å². The van der Waals surface area contributed by atoms with Crippen molar-refractivity contribution in [2.24, 2.45) is 5.92 Å². The van der Waals surface area contributed by atoms with Crippen molar-refractivity contribution in [2.75, 3.05) is 18.4 Å². The molecule has 3 rings (SSSR count). The Morgan fingerprint density at radius 1 is 1.10 bits per heavy atom. The molecule has 0 aromatic heterocycles. The molecule has 1 amide bonds. The fourth-order valence-electron chi connectivity index (χ4n) is 3.17. The lowest BCUT2D eigenvalue weighted by atomic mass is 9.97. The maximum Gasteiger partial charge on any atom is 0.387 e. The zero-order chi connectivity index (χ0) is 21.9. The van der Waals surface area contributed by atoms with Gasteiger partial charge in [-0.25, -0.2) is 17.2 Å². The Balaban J connectivity index is 1.62. The summed E-state index contributed by atoms with van der Waals surface area (Å²) in [4.78, 5) is 11.7. The SMILES string of the molecule is O=C(Nc1cccc(OC(F)F)c1)C1CCN(S(=O)(=O)c2cc(F)ccc2F)CC1. The Morgan fingerprint density at radius 3 is 2.47 bits per heavy atom. The predicted octanol–water partition coefficient (Wildman–Crippen LogP) is 3.61. The van der Waals surface area contributed by atoms with Gasteiger partial charge >= 0.3 is 6.61 Å². The molecule has 6 nitrogen and oxygen atoms in total. The van der Waals surface area contributed by atoms with Crippen molar-refractivity contribution in [3.05, 3.63) is 54.1 Å². The van der Waals surface area contributed by atoms with Crippen LogP contribution in [0.2, 0.25) is 0 Å². The molecule has 1 aliphatic heterocycles. The van der Waals surface area contributed by atoms with Gasteiger partial charge in [0, 0.05) is 30.8 Å². The molecule has 0 spiro atoms. The molecular formula is C19H18F4N2O4S. The summed E-state index contributed by atoms with van der Waals surface area (Å²) in [6, 6.07) is 7.70. The molecule has 0 radical (unpaired) electrons. The average molecular weight is 446 g/mol. The van der Waals surface area contributed by atoms with E-state index in [2.05, 4.69) is 10.1 Å². The van der Waals surface area contributed by atoms with E-state index in [1.54, 1.807) is 0 Å². The van der Waals surface area contributed by atoms with E-state index in [-0.39, 0.29) is 37.4 Å². The van der Waals surface area contributed by atoms with Crippen LogP contribution in [0.1, 0.15) is 12.8 Å². The van der Waals surface area contributed by atoms with Crippen molar-refractivity contribution < 1.29 is 35.5 Å². The molecule has 1 N–H and O–H groups in total. The van der Waals surface area contributed by atoms with Crippen molar-refractivity contribution in [3.8, 4) is 5.75 Å². The van der Waals surface area contributed by atoms with E-state index >= 15 is 0 Å².